The van der Waals surface area contributed by atoms with Gasteiger partial charge in [0.2, 0.25) is 0 Å². The van der Waals surface area contributed by atoms with Crippen molar-refractivity contribution in [1.82, 2.24) is 30.0 Å². The molecule has 0 aliphatic rings. The van der Waals surface area contributed by atoms with Gasteiger partial charge < -0.3 is 20.1 Å². The predicted octanol–water partition coefficient (Wildman–Crippen LogP) is 9.52. The van der Waals surface area contributed by atoms with E-state index in [-0.39, 0.29) is 99.8 Å². The molecule has 11 aromatic rings. The summed E-state index contributed by atoms with van der Waals surface area (Å²) in [5, 5.41) is 73.8. The molecule has 0 unspecified atom stereocenters. The number of phenolic OH excluding ortho intramolecular Hbond substituents is 2. The maximum atomic E-state index is 12.8. The highest BCUT2D eigenvalue weighted by atomic mass is 32.2. The second-order valence-electron chi connectivity index (χ2n) is 18.8. The maximum Gasteiger partial charge on any atom is 0.338 e. The highest BCUT2D eigenvalue weighted by Gasteiger charge is 2.27. The first-order valence-corrected chi connectivity index (χ1v) is 31.4. The van der Waals surface area contributed by atoms with E-state index in [0.717, 1.165) is 46.0 Å². The van der Waals surface area contributed by atoms with Gasteiger partial charge >= 0.3 is 5.97 Å². The molecule has 0 spiro atoms. The first-order chi connectivity index (χ1) is 41.2. The second kappa shape index (κ2) is 21.3. The number of nitrogens with zero attached hydrogens (tertiary/aromatic N) is 12. The molecule has 2 aromatic heterocycles. The molecule has 8 N–H and O–H groups in total. The molecule has 0 amide bonds. The van der Waals surface area contributed by atoms with Gasteiger partial charge in [-0.25, -0.2) is 4.79 Å². The molecular formula is C51H34N12O20S5. The molecule has 0 aliphatic carbocycles. The monoisotopic (exact) mass is 1290 g/mol. The number of azo groups is 3. The normalized spacial score (nSPS) is 13.0. The Morgan fingerprint density at radius 1 is 0.477 bits per heavy atom. The Balaban J connectivity index is 0.832. The van der Waals surface area contributed by atoms with Gasteiger partial charge in [0.25, 0.3) is 50.6 Å². The molecule has 37 heteroatoms. The fourth-order valence-electron chi connectivity index (χ4n) is 9.15. The molecule has 88 heavy (non-hydrogen) atoms. The van der Waals surface area contributed by atoms with Crippen LogP contribution in [0.1, 0.15) is 15.9 Å². The Labute approximate surface area is 492 Å². The van der Waals surface area contributed by atoms with Crippen LogP contribution in [0.3, 0.4) is 0 Å². The number of hydrogen-bond donors (Lipinski definition) is 8. The third-order valence-corrected chi connectivity index (χ3v) is 17.5. The van der Waals surface area contributed by atoms with Crippen LogP contribution in [0.15, 0.2) is 176 Å². The smallest absolute Gasteiger partial charge is 0.338 e. The lowest BCUT2D eigenvalue weighted by molar-refractivity contribution is 0.0696. The predicted molar refractivity (Wildman–Crippen MR) is 306 cm³/mol. The first kappa shape index (κ1) is 59.5. The van der Waals surface area contributed by atoms with Crippen molar-refractivity contribution < 1.29 is 89.7 Å². The molecule has 11 rings (SSSR count). The van der Waals surface area contributed by atoms with E-state index in [9.17, 15) is 85.0 Å². The molecule has 0 atom stereocenters. The zero-order valence-corrected chi connectivity index (χ0v) is 48.0. The van der Waals surface area contributed by atoms with Crippen LogP contribution in [0.2, 0.25) is 0 Å². The SMILES string of the molecule is COc1cc(N=Nc2c(S(=O)(=O)O)cc3cc(-n4nc5ccc6c(S(=O)(=O)O)cc(S(=O)(=O)O)cc6c5n4)ccc3c2O)c(O)cc1N=Nc1ccc(N=Nc2ccc(-n3nc4ccc5c(S(=O)(=O)O)cc(S(=O)(=O)O)cc5c4n3)c(C(=O)O)c2)c(C)c1. The lowest BCUT2D eigenvalue weighted by Crippen LogP contribution is -2.07. The summed E-state index contributed by atoms with van der Waals surface area (Å²) in [5.74, 6) is -2.87. The molecule has 2 heterocycles. The number of methoxy groups -OCH3 is 1. The quantitative estimate of drug-likeness (QED) is 0.0349. The zero-order chi connectivity index (χ0) is 63.3. The topological polar surface area (TPSA) is 494 Å². The highest BCUT2D eigenvalue weighted by molar-refractivity contribution is 7.87. The standard InChI is InChI=1S/C51H34N12O20S5/c1-23-13-25(3-9-36(23)54-53-26-4-12-41(35(16-26)51(66)67)63-59-38-11-8-32-34(48(38)61-63)18-29(85(71,72)73)20-45(32)87(77,78)79)52-56-40-21-42(64)39(22-43(40)83-2)55-57-49-46(88(80,81)82)15-24-14-27(5-6-30(24)50(49)65)62-58-37-10-7-31-33(47(37)60-62)17-28(84(68,69)70)19-44(31)86(74,75)76/h3-22,64-65H,1-2H3,(H,66,67)(H,68,69,70)(H,71,72,73)(H,74,75,76)(H,77,78,79)(H,80,81,82). The Kier molecular flexibility index (Phi) is 14.4. The van der Waals surface area contributed by atoms with Crippen LogP contribution in [-0.4, -0.2) is 123 Å². The summed E-state index contributed by atoms with van der Waals surface area (Å²) in [5.41, 5.74) is -0.444. The van der Waals surface area contributed by atoms with Crippen LogP contribution in [0, 0.1) is 6.92 Å². The van der Waals surface area contributed by atoms with Crippen LogP contribution >= 0.6 is 0 Å². The van der Waals surface area contributed by atoms with E-state index in [4.69, 9.17) is 4.74 Å². The number of aryl methyl sites for hydroxylation is 1. The van der Waals surface area contributed by atoms with Crippen molar-refractivity contribution in [1.29, 1.82) is 0 Å². The fraction of sp³-hybridized carbons (Fsp3) is 0.0392. The van der Waals surface area contributed by atoms with Gasteiger partial charge in [-0.3, -0.25) is 22.8 Å². The van der Waals surface area contributed by atoms with Gasteiger partial charge in [0.1, 0.15) is 71.0 Å². The molecule has 32 nitrogen and oxygen atoms in total. The van der Waals surface area contributed by atoms with Crippen molar-refractivity contribution in [2.45, 2.75) is 31.4 Å². The van der Waals surface area contributed by atoms with Crippen molar-refractivity contribution in [2.75, 3.05) is 7.11 Å². The Bertz CT molecular complexity index is 5620. The van der Waals surface area contributed by atoms with Crippen molar-refractivity contribution in [3.8, 4) is 28.6 Å². The number of aromatic hydroxyl groups is 2. The van der Waals surface area contributed by atoms with E-state index in [1.165, 1.54) is 73.8 Å². The number of rotatable bonds is 15. The van der Waals surface area contributed by atoms with E-state index in [1.54, 1.807) is 13.0 Å². The van der Waals surface area contributed by atoms with Gasteiger partial charge in [0, 0.05) is 39.1 Å². The summed E-state index contributed by atoms with van der Waals surface area (Å²) in [4.78, 5) is 10.1. The molecule has 448 valence electrons. The Hall–Kier alpha value is -10.2. The highest BCUT2D eigenvalue weighted by Crippen LogP contribution is 2.45. The summed E-state index contributed by atoms with van der Waals surface area (Å²) in [6.07, 6.45) is 0. The number of fused-ring (bicyclic) bond motifs is 7. The maximum absolute atomic E-state index is 12.8. The van der Waals surface area contributed by atoms with Crippen LogP contribution in [-0.2, 0) is 50.6 Å². The van der Waals surface area contributed by atoms with Crippen molar-refractivity contribution in [3.05, 3.63) is 132 Å². The number of phenols is 2. The van der Waals surface area contributed by atoms with Crippen molar-refractivity contribution in [2.24, 2.45) is 30.7 Å². The van der Waals surface area contributed by atoms with E-state index in [0.29, 0.717) is 23.4 Å². The average Bonchev–Trinajstić information content (AvgIpc) is 2.11. The van der Waals surface area contributed by atoms with Crippen molar-refractivity contribution >= 4 is 145 Å². The molecular weight excluding hydrogens is 1260 g/mol. The van der Waals surface area contributed by atoms with Gasteiger partial charge in [-0.2, -0.15) is 62.2 Å². The Morgan fingerprint density at radius 3 is 1.55 bits per heavy atom. The minimum atomic E-state index is -5.20. The molecule has 0 saturated heterocycles. The number of aromatic carboxylic acids is 1. The number of hydrogen-bond acceptors (Lipinski definition) is 24. The second-order valence-corrected chi connectivity index (χ2v) is 25.8. The zero-order valence-electron chi connectivity index (χ0n) is 43.9. The molecule has 0 fully saturated rings. The molecule has 9 aromatic carbocycles. The fourth-order valence-corrected chi connectivity index (χ4v) is 12.5. The number of carboxylic acid groups (broad SMARTS) is 1. The van der Waals surface area contributed by atoms with E-state index in [2.05, 4.69) is 51.1 Å². The molecule has 0 bridgehead atoms. The summed E-state index contributed by atoms with van der Waals surface area (Å²) >= 11 is 0. The lowest BCUT2D eigenvalue weighted by atomic mass is 10.1. The lowest BCUT2D eigenvalue weighted by Gasteiger charge is -2.10. The van der Waals surface area contributed by atoms with Gasteiger partial charge in [-0.05, 0) is 115 Å². The summed E-state index contributed by atoms with van der Waals surface area (Å²) < 4.78 is 178. The third kappa shape index (κ3) is 11.3. The molecule has 0 saturated carbocycles. The van der Waals surface area contributed by atoms with E-state index < -0.39 is 98.2 Å². The molecule has 0 aliphatic heterocycles. The number of aromatic nitrogens is 6. The van der Waals surface area contributed by atoms with E-state index >= 15 is 0 Å². The minimum absolute atomic E-state index is 0.0316. The Morgan fingerprint density at radius 2 is 1.00 bits per heavy atom. The van der Waals surface area contributed by atoms with Crippen LogP contribution in [0.25, 0.3) is 65.8 Å². The van der Waals surface area contributed by atoms with Crippen LogP contribution in [0.4, 0.5) is 34.1 Å². The number of carbonyl (C=O) groups is 1. The van der Waals surface area contributed by atoms with E-state index in [1.807, 2.05) is 0 Å². The summed E-state index contributed by atoms with van der Waals surface area (Å²) in [6.45, 7) is 1.66. The number of carboxylic acids is 1. The average molecular weight is 1300 g/mol. The largest absolute Gasteiger partial charge is 0.506 e. The van der Waals surface area contributed by atoms with Crippen LogP contribution < -0.4 is 4.74 Å². The number of benzene rings is 9. The first-order valence-electron chi connectivity index (χ1n) is 24.2. The van der Waals surface area contributed by atoms with Crippen LogP contribution in [0.5, 0.6) is 17.2 Å². The summed E-state index contributed by atoms with van der Waals surface area (Å²) in [6, 6.07) is 23.6. The summed E-state index contributed by atoms with van der Waals surface area (Å²) in [7, 11) is -24.0. The van der Waals surface area contributed by atoms with Gasteiger partial charge in [0.15, 0.2) is 5.75 Å². The molecule has 0 radical (unpaired) electrons. The minimum Gasteiger partial charge on any atom is -0.506 e. The van der Waals surface area contributed by atoms with Gasteiger partial charge in [0.05, 0.1) is 45.2 Å². The third-order valence-electron chi connectivity index (χ3n) is 13.2. The van der Waals surface area contributed by atoms with Gasteiger partial charge in [-0.1, -0.05) is 12.1 Å². The number of ether oxygens (including phenoxy) is 1. The van der Waals surface area contributed by atoms with Crippen molar-refractivity contribution in [3.63, 3.8) is 0 Å². The van der Waals surface area contributed by atoms with Gasteiger partial charge in [-0.15, -0.1) is 40.5 Å².